The Labute approximate surface area is 774 Å². The summed E-state index contributed by atoms with van der Waals surface area (Å²) < 4.78 is 19.2. The van der Waals surface area contributed by atoms with Crippen LogP contribution in [-0.2, 0) is 0 Å². The van der Waals surface area contributed by atoms with Crippen LogP contribution in [0.1, 0.15) is 5.56 Å². The zero-order valence-corrected chi connectivity index (χ0v) is 72.7. The maximum Gasteiger partial charge on any atom is 0.105 e. The number of aromatic nitrogens is 14. The van der Waals surface area contributed by atoms with Crippen LogP contribution in [0.25, 0.3) is 265 Å². The van der Waals surface area contributed by atoms with Crippen molar-refractivity contribution in [3.05, 3.63) is 437 Å². The van der Waals surface area contributed by atoms with Gasteiger partial charge in [0.25, 0.3) is 0 Å². The molecule has 15 heteroatoms. The van der Waals surface area contributed by atoms with Gasteiger partial charge in [-0.05, 0) is 239 Å². The molecule has 0 unspecified atom stereocenters. The van der Waals surface area contributed by atoms with Gasteiger partial charge in [0.1, 0.15) is 11.6 Å². The number of rotatable bonds is 12. The molecule has 29 aromatic rings. The van der Waals surface area contributed by atoms with Gasteiger partial charge >= 0.3 is 0 Å². The molecule has 0 saturated carbocycles. The van der Waals surface area contributed by atoms with E-state index in [0.29, 0.717) is 28.3 Å². The molecule has 0 radical (unpaired) electrons. The summed E-state index contributed by atoms with van der Waals surface area (Å²) in [5, 5.41) is 24.2. The molecule has 0 atom stereocenters. The Morgan fingerprint density at radius 2 is 0.360 bits per heavy atom. The van der Waals surface area contributed by atoms with E-state index in [1.165, 1.54) is 0 Å². The summed E-state index contributed by atoms with van der Waals surface area (Å²) in [6.45, 7) is 0. The molecule has 0 fully saturated rings. The highest BCUT2D eigenvalue weighted by Crippen LogP contribution is 2.54. The van der Waals surface area contributed by atoms with Crippen LogP contribution in [0.15, 0.2) is 431 Å². The van der Waals surface area contributed by atoms with Crippen molar-refractivity contribution >= 4 is 175 Å². The van der Waals surface area contributed by atoms with Gasteiger partial charge in [-0.15, -0.1) is 0 Å². The second-order valence-electron chi connectivity index (χ2n) is 35.2. The van der Waals surface area contributed by atoms with Gasteiger partial charge in [-0.3, -0.25) is 29.9 Å². The molecule has 0 spiro atoms. The number of hydrogen-bond acceptors (Lipinski definition) is 7. The summed E-state index contributed by atoms with van der Waals surface area (Å²) in [5.74, 6) is 0. The molecule has 29 rings (SSSR count). The van der Waals surface area contributed by atoms with E-state index in [4.69, 9.17) is 29.9 Å². The normalized spacial score (nSPS) is 12.1. The summed E-state index contributed by atoms with van der Waals surface area (Å²) in [7, 11) is 0. The van der Waals surface area contributed by atoms with Gasteiger partial charge in [0.15, 0.2) is 0 Å². The van der Waals surface area contributed by atoms with Gasteiger partial charge in [0.05, 0.1) is 150 Å². The van der Waals surface area contributed by atoms with Gasteiger partial charge in [-0.1, -0.05) is 200 Å². The maximum atomic E-state index is 14.4. The second-order valence-corrected chi connectivity index (χ2v) is 35.2. The quantitative estimate of drug-likeness (QED) is 0.119. The lowest BCUT2D eigenvalue weighted by molar-refractivity contribution is 0.991. The number of pyridine rings is 6. The minimum atomic E-state index is 0.351. The number of fused-ring (bicyclic) bond motifs is 24. The lowest BCUT2D eigenvalue weighted by Crippen LogP contribution is -2.19. The van der Waals surface area contributed by atoms with E-state index >= 15 is 0 Å². The Morgan fingerprint density at radius 1 is 0.154 bits per heavy atom. The third-order valence-corrected chi connectivity index (χ3v) is 28.1. The monoisotopic (exact) mass is 1730 g/mol. The predicted molar refractivity (Wildman–Crippen MR) is 554 cm³/mol. The van der Waals surface area contributed by atoms with Crippen molar-refractivity contribution in [3.8, 4) is 96.1 Å². The third-order valence-electron chi connectivity index (χ3n) is 28.1. The van der Waals surface area contributed by atoms with Gasteiger partial charge in [-0.2, -0.15) is 5.26 Å². The summed E-state index contributed by atoms with van der Waals surface area (Å²) >= 11 is 0. The van der Waals surface area contributed by atoms with Crippen LogP contribution >= 0.6 is 0 Å². The minimum absolute atomic E-state index is 0.351. The third kappa shape index (κ3) is 10.8. The highest BCUT2D eigenvalue weighted by atomic mass is 15.2. The van der Waals surface area contributed by atoms with Crippen LogP contribution in [0.5, 0.6) is 0 Å². The first-order chi connectivity index (χ1) is 67.5. The van der Waals surface area contributed by atoms with Crippen LogP contribution in [0.4, 0.5) is 0 Å². The number of benzene rings is 15. The average molecular weight is 1740 g/mol. The molecular weight excluding hydrogens is 1660 g/mol. The Balaban J connectivity index is 0.873. The van der Waals surface area contributed by atoms with E-state index in [1.807, 2.05) is 67.5 Å². The topological polar surface area (TPSA) is 141 Å². The summed E-state index contributed by atoms with van der Waals surface area (Å²) in [4.78, 5) is 32.0. The molecule has 0 N–H and O–H groups in total. The highest BCUT2D eigenvalue weighted by Gasteiger charge is 2.38. The molecular formula is C121H71N15. The first-order valence-corrected chi connectivity index (χ1v) is 45.8. The molecule has 0 amide bonds. The van der Waals surface area contributed by atoms with E-state index in [-0.39, 0.29) is 0 Å². The fourth-order valence-electron chi connectivity index (χ4n) is 22.4. The van der Waals surface area contributed by atoms with Crippen LogP contribution in [0.2, 0.25) is 0 Å². The number of nitriles is 1. The maximum absolute atomic E-state index is 14.4. The first kappa shape index (κ1) is 75.0. The van der Waals surface area contributed by atoms with Crippen LogP contribution in [0.3, 0.4) is 0 Å². The van der Waals surface area contributed by atoms with Crippen molar-refractivity contribution in [2.75, 3.05) is 0 Å². The zero-order valence-electron chi connectivity index (χ0n) is 72.7. The standard InChI is InChI=1S/C121H71N15/c122-72-94-117(134-102-56-49-81(69-91(102)114-108(134)42-22-62-126-114)129-95-36-16-13-33-84(95)111-105(129)39-19-59-123-111)119(132-98-52-45-77(73-25-5-1-6-26-73)65-87(98)88-66-78(46-53-99(88)132)74-27-7-2-8-28-74)121(136-104-58-51-83(71-93(104)116-110(136)44-24-64-128-116)131-97-38-18-15-35-86(97)113-107(131)41-21-61-125-113)120(133-100-54-47-79(75-29-9-3-10-30-75)67-89(100)90-68-80(48-55-101(90)133)76-31-11-4-12-32-76)118(94)135-103-57-50-82(70-92(103)115-109(135)43-23-63-127-115)130-96-37-17-14-34-85(96)112-106(130)40-20-60-124-112/h1-71H. The molecule has 0 aliphatic rings. The SMILES string of the molecule is N#Cc1c(-n2c3ccc(-n4c5ccccc5c5ncccc54)cc3c3ncccc32)c(-n2c3ccc(-c4ccccc4)cc3c3cc(-c4ccccc4)ccc32)c(-n2c3ccc(-n4c5ccccc5c5ncccc54)cc3c3ncccc32)c(-n2c3ccc(-c4ccccc4)cc3c3cc(-c4ccccc4)ccc32)c1-n1c2ccc(-n3c4ccccc4c4ncccc43)cc2c2ncccc21. The Hall–Kier alpha value is -18.9. The average Bonchev–Trinajstić information content (AvgIpc) is 1.35. The fourth-order valence-corrected chi connectivity index (χ4v) is 22.4. The van der Waals surface area contributed by atoms with Crippen molar-refractivity contribution < 1.29 is 0 Å². The molecule has 136 heavy (non-hydrogen) atoms. The van der Waals surface area contributed by atoms with Gasteiger partial charge in [0.2, 0.25) is 0 Å². The molecule has 630 valence electrons. The summed E-state index contributed by atoms with van der Waals surface area (Å²) in [6, 6.07) is 145. The number of nitrogens with zero attached hydrogens (tertiary/aromatic N) is 15. The molecule has 0 aliphatic carbocycles. The predicted octanol–water partition coefficient (Wildman–Crippen LogP) is 29.4. The molecule has 15 aromatic carbocycles. The first-order valence-electron chi connectivity index (χ1n) is 45.8. The number of para-hydroxylation sites is 3. The van der Waals surface area contributed by atoms with Crippen LogP contribution in [-0.4, -0.2) is 66.4 Å². The summed E-state index contributed by atoms with van der Waals surface area (Å²) in [5.41, 5.74) is 34.1. The second kappa shape index (κ2) is 29.0. The Kier molecular flexibility index (Phi) is 16.0. The van der Waals surface area contributed by atoms with Crippen molar-refractivity contribution in [1.82, 2.24) is 66.4 Å². The lowest BCUT2D eigenvalue weighted by Gasteiger charge is -2.30. The van der Waals surface area contributed by atoms with Crippen molar-refractivity contribution in [2.24, 2.45) is 0 Å². The van der Waals surface area contributed by atoms with Gasteiger partial charge < -0.3 is 36.5 Å². The molecule has 15 nitrogen and oxygen atoms in total. The van der Waals surface area contributed by atoms with E-state index in [1.54, 1.807) is 0 Å². The lowest BCUT2D eigenvalue weighted by atomic mass is 10.0. The van der Waals surface area contributed by atoms with E-state index in [0.717, 1.165) is 242 Å². The Bertz CT molecular complexity index is 9410. The summed E-state index contributed by atoms with van der Waals surface area (Å²) in [6.07, 6.45) is 11.4. The van der Waals surface area contributed by atoms with Crippen LogP contribution in [0, 0.1) is 11.3 Å². The molecule has 0 aliphatic heterocycles. The van der Waals surface area contributed by atoms with E-state index in [2.05, 4.69) is 407 Å². The van der Waals surface area contributed by atoms with Crippen LogP contribution < -0.4 is 0 Å². The van der Waals surface area contributed by atoms with Crippen molar-refractivity contribution in [2.45, 2.75) is 0 Å². The minimum Gasteiger partial charge on any atom is -0.308 e. The van der Waals surface area contributed by atoms with E-state index < -0.39 is 0 Å². The fraction of sp³-hybridized carbons (Fsp3) is 0. The van der Waals surface area contributed by atoms with Crippen molar-refractivity contribution in [1.29, 1.82) is 5.26 Å². The largest absolute Gasteiger partial charge is 0.308 e. The Morgan fingerprint density at radius 3 is 0.640 bits per heavy atom. The zero-order chi connectivity index (χ0) is 89.1. The van der Waals surface area contributed by atoms with Crippen molar-refractivity contribution in [3.63, 3.8) is 0 Å². The highest BCUT2D eigenvalue weighted by molar-refractivity contribution is 6.21. The molecule has 14 heterocycles. The van der Waals surface area contributed by atoms with Gasteiger partial charge in [-0.25, -0.2) is 0 Å². The molecule has 0 saturated heterocycles. The molecule has 14 aromatic heterocycles. The smallest absolute Gasteiger partial charge is 0.105 e. The van der Waals surface area contributed by atoms with Gasteiger partial charge in [0, 0.05) is 108 Å². The number of hydrogen-bond donors (Lipinski definition) is 0. The molecule has 0 bridgehead atoms. The van der Waals surface area contributed by atoms with E-state index in [9.17, 15) is 5.26 Å².